The highest BCUT2D eigenvalue weighted by Crippen LogP contribution is 2.03. The summed E-state index contributed by atoms with van der Waals surface area (Å²) in [5.74, 6) is 0. The molecule has 64 valence electrons. The predicted molar refractivity (Wildman–Crippen MR) is 47.7 cm³/mol. The van der Waals surface area contributed by atoms with Gasteiger partial charge in [-0.3, -0.25) is 4.98 Å². The number of aromatic nitrogens is 2. The minimum Gasteiger partial charge on any atom is -0.501 e. The summed E-state index contributed by atoms with van der Waals surface area (Å²) in [7, 11) is 0. The third-order valence-corrected chi connectivity index (χ3v) is 1.31. The molecule has 0 saturated carbocycles. The smallest absolute Gasteiger partial charge is 0.148 e. The van der Waals surface area contributed by atoms with Crippen molar-refractivity contribution < 1.29 is 4.74 Å². The number of hydrogen-bond acceptors (Lipinski definition) is 3. The first-order chi connectivity index (χ1) is 5.83. The van der Waals surface area contributed by atoms with E-state index in [9.17, 15) is 0 Å². The summed E-state index contributed by atoms with van der Waals surface area (Å²) in [5, 5.41) is 0.383. The Bertz CT molecular complexity index is 276. The van der Waals surface area contributed by atoms with Crippen molar-refractivity contribution in [1.82, 2.24) is 9.97 Å². The van der Waals surface area contributed by atoms with Gasteiger partial charge in [-0.1, -0.05) is 11.6 Å². The number of nitrogens with zero attached hydrogens (tertiary/aromatic N) is 2. The lowest BCUT2D eigenvalue weighted by molar-refractivity contribution is 0.272. The first-order valence-electron chi connectivity index (χ1n) is 3.58. The van der Waals surface area contributed by atoms with Crippen LogP contribution in [0.1, 0.15) is 12.6 Å². The second-order valence-corrected chi connectivity index (χ2v) is 2.41. The van der Waals surface area contributed by atoms with E-state index in [-0.39, 0.29) is 0 Å². The minimum atomic E-state index is 0.383. The number of rotatable bonds is 3. The van der Waals surface area contributed by atoms with E-state index in [0.29, 0.717) is 17.5 Å². The van der Waals surface area contributed by atoms with Crippen LogP contribution in [0, 0.1) is 0 Å². The molecular formula is C8H9ClN2O. The van der Waals surface area contributed by atoms with Crippen molar-refractivity contribution in [3.8, 4) is 0 Å². The van der Waals surface area contributed by atoms with Crippen LogP contribution < -0.4 is 0 Å². The van der Waals surface area contributed by atoms with E-state index in [2.05, 4.69) is 9.97 Å². The van der Waals surface area contributed by atoms with E-state index in [1.54, 1.807) is 18.5 Å². The zero-order valence-corrected chi connectivity index (χ0v) is 7.45. The summed E-state index contributed by atoms with van der Waals surface area (Å²) in [5.41, 5.74) is 0.691. The lowest BCUT2D eigenvalue weighted by atomic mass is 10.4. The molecule has 0 unspecified atom stereocenters. The Morgan fingerprint density at radius 2 is 2.42 bits per heavy atom. The normalized spacial score (nSPS) is 10.5. The molecule has 0 aliphatic heterocycles. The van der Waals surface area contributed by atoms with Crippen LogP contribution in [0.25, 0.3) is 6.08 Å². The third kappa shape index (κ3) is 2.88. The molecule has 1 heterocycles. The first-order valence-corrected chi connectivity index (χ1v) is 3.96. The Morgan fingerprint density at radius 1 is 1.58 bits per heavy atom. The average Bonchev–Trinajstić information content (AvgIpc) is 2.05. The molecule has 1 aromatic heterocycles. The standard InChI is InChI=1S/C8H9ClN2O/c1-2-12-4-3-7-5-10-6-8(9)11-7/h3-6H,2H2,1H3/b4-3-. The summed E-state index contributed by atoms with van der Waals surface area (Å²) in [4.78, 5) is 7.84. The topological polar surface area (TPSA) is 35.0 Å². The molecule has 0 atom stereocenters. The molecule has 3 nitrogen and oxygen atoms in total. The third-order valence-electron chi connectivity index (χ3n) is 1.13. The summed E-state index contributed by atoms with van der Waals surface area (Å²) in [6.45, 7) is 2.55. The fourth-order valence-corrected chi connectivity index (χ4v) is 0.804. The molecule has 0 aliphatic rings. The molecule has 1 rings (SSSR count). The molecule has 0 aliphatic carbocycles. The molecule has 0 amide bonds. The maximum atomic E-state index is 5.61. The maximum Gasteiger partial charge on any atom is 0.148 e. The summed E-state index contributed by atoms with van der Waals surface area (Å²) in [6, 6.07) is 0. The molecule has 4 heteroatoms. The molecule has 1 aromatic rings. The Balaban J connectivity index is 2.63. The molecule has 0 aromatic carbocycles. The lowest BCUT2D eigenvalue weighted by Crippen LogP contribution is -1.84. The predicted octanol–water partition coefficient (Wildman–Crippen LogP) is 2.14. The largest absolute Gasteiger partial charge is 0.501 e. The van der Waals surface area contributed by atoms with Gasteiger partial charge < -0.3 is 4.74 Å². The van der Waals surface area contributed by atoms with Crippen LogP contribution in [0.3, 0.4) is 0 Å². The van der Waals surface area contributed by atoms with Crippen LogP contribution in [0.2, 0.25) is 5.15 Å². The van der Waals surface area contributed by atoms with Gasteiger partial charge in [-0.2, -0.15) is 0 Å². The molecule has 0 bridgehead atoms. The van der Waals surface area contributed by atoms with Crippen LogP contribution in [0.15, 0.2) is 18.7 Å². The second kappa shape index (κ2) is 4.72. The first kappa shape index (κ1) is 9.00. The van der Waals surface area contributed by atoms with Gasteiger partial charge >= 0.3 is 0 Å². The van der Waals surface area contributed by atoms with Crippen molar-refractivity contribution in [1.29, 1.82) is 0 Å². The van der Waals surface area contributed by atoms with E-state index < -0.39 is 0 Å². The molecule has 0 N–H and O–H groups in total. The van der Waals surface area contributed by atoms with Crippen LogP contribution >= 0.6 is 11.6 Å². The van der Waals surface area contributed by atoms with Gasteiger partial charge in [0.25, 0.3) is 0 Å². The lowest BCUT2D eigenvalue weighted by Gasteiger charge is -1.93. The molecular weight excluding hydrogens is 176 g/mol. The van der Waals surface area contributed by atoms with Crippen molar-refractivity contribution in [3.63, 3.8) is 0 Å². The van der Waals surface area contributed by atoms with Crippen LogP contribution in [0.5, 0.6) is 0 Å². The van der Waals surface area contributed by atoms with Crippen molar-refractivity contribution in [2.45, 2.75) is 6.92 Å². The highest BCUT2D eigenvalue weighted by molar-refractivity contribution is 6.29. The minimum absolute atomic E-state index is 0.383. The van der Waals surface area contributed by atoms with Crippen molar-refractivity contribution in [2.24, 2.45) is 0 Å². The van der Waals surface area contributed by atoms with E-state index in [1.165, 1.54) is 6.20 Å². The molecule has 0 saturated heterocycles. The molecule has 12 heavy (non-hydrogen) atoms. The van der Waals surface area contributed by atoms with Crippen molar-refractivity contribution in [2.75, 3.05) is 6.61 Å². The van der Waals surface area contributed by atoms with Crippen LogP contribution in [-0.2, 0) is 4.74 Å². The quantitative estimate of drug-likeness (QED) is 0.676. The Labute approximate surface area is 76.1 Å². The van der Waals surface area contributed by atoms with Gasteiger partial charge in [0.05, 0.1) is 31.0 Å². The van der Waals surface area contributed by atoms with Crippen LogP contribution in [0.4, 0.5) is 0 Å². The zero-order chi connectivity index (χ0) is 8.81. The van der Waals surface area contributed by atoms with Gasteiger partial charge in [-0.25, -0.2) is 4.98 Å². The van der Waals surface area contributed by atoms with E-state index in [4.69, 9.17) is 16.3 Å². The Kier molecular flexibility index (Phi) is 3.54. The van der Waals surface area contributed by atoms with Crippen molar-refractivity contribution >= 4 is 17.7 Å². The van der Waals surface area contributed by atoms with Gasteiger partial charge in [-0.05, 0) is 13.0 Å². The highest BCUT2D eigenvalue weighted by Gasteiger charge is 1.90. The average molecular weight is 185 g/mol. The summed E-state index contributed by atoms with van der Waals surface area (Å²) in [6.07, 6.45) is 6.38. The van der Waals surface area contributed by atoms with Gasteiger partial charge in [0, 0.05) is 0 Å². The second-order valence-electron chi connectivity index (χ2n) is 2.02. The fourth-order valence-electron chi connectivity index (χ4n) is 0.651. The highest BCUT2D eigenvalue weighted by atomic mass is 35.5. The van der Waals surface area contributed by atoms with E-state index in [1.807, 2.05) is 6.92 Å². The van der Waals surface area contributed by atoms with E-state index >= 15 is 0 Å². The monoisotopic (exact) mass is 184 g/mol. The molecule has 0 spiro atoms. The maximum absolute atomic E-state index is 5.61. The summed E-state index contributed by atoms with van der Waals surface area (Å²) < 4.78 is 4.99. The number of hydrogen-bond donors (Lipinski definition) is 0. The van der Waals surface area contributed by atoms with Crippen molar-refractivity contribution in [3.05, 3.63) is 29.5 Å². The van der Waals surface area contributed by atoms with Crippen LogP contribution in [-0.4, -0.2) is 16.6 Å². The zero-order valence-electron chi connectivity index (χ0n) is 6.70. The Morgan fingerprint density at radius 3 is 3.08 bits per heavy atom. The SMILES string of the molecule is CCO/C=C\c1cncc(Cl)n1. The molecule has 0 radical (unpaired) electrons. The number of ether oxygens (including phenoxy) is 1. The summed E-state index contributed by atoms with van der Waals surface area (Å²) >= 11 is 5.61. The van der Waals surface area contributed by atoms with Gasteiger partial charge in [-0.15, -0.1) is 0 Å². The van der Waals surface area contributed by atoms with Gasteiger partial charge in [0.2, 0.25) is 0 Å². The van der Waals surface area contributed by atoms with Gasteiger partial charge in [0.1, 0.15) is 5.15 Å². The fraction of sp³-hybridized carbons (Fsp3) is 0.250. The Hall–Kier alpha value is -1.09. The van der Waals surface area contributed by atoms with Gasteiger partial charge in [0.15, 0.2) is 0 Å². The molecule has 0 fully saturated rings. The van der Waals surface area contributed by atoms with E-state index in [0.717, 1.165) is 0 Å². The number of halogens is 1.